The van der Waals surface area contributed by atoms with Crippen LogP contribution in [0.1, 0.15) is 57.6 Å². The molecule has 20 heavy (non-hydrogen) atoms. The summed E-state index contributed by atoms with van der Waals surface area (Å²) in [5, 5.41) is 10.5. The highest BCUT2D eigenvalue weighted by atomic mass is 16.3. The average Bonchev–Trinajstić information content (AvgIpc) is 2.38. The summed E-state index contributed by atoms with van der Waals surface area (Å²) in [6.45, 7) is 9.16. The Bertz CT molecular complexity index is 422. The van der Waals surface area contributed by atoms with Crippen LogP contribution in [0.2, 0.25) is 0 Å². The van der Waals surface area contributed by atoms with Crippen molar-refractivity contribution in [3.05, 3.63) is 35.4 Å². The Kier molecular flexibility index (Phi) is 4.90. The highest BCUT2D eigenvalue weighted by Crippen LogP contribution is 2.41. The lowest BCUT2D eigenvalue weighted by atomic mass is 9.68. The smallest absolute Gasteiger partial charge is 0.0608 e. The van der Waals surface area contributed by atoms with E-state index < -0.39 is 0 Å². The van der Waals surface area contributed by atoms with Gasteiger partial charge in [0, 0.05) is 0 Å². The Labute approximate surface area is 124 Å². The highest BCUT2D eigenvalue weighted by Gasteiger charge is 2.32. The maximum Gasteiger partial charge on any atom is 0.0608 e. The summed E-state index contributed by atoms with van der Waals surface area (Å²) in [5.41, 5.74) is 2.98. The molecule has 1 aromatic carbocycles. The average molecular weight is 274 g/mol. The second-order valence-electron chi connectivity index (χ2n) is 7.74. The fourth-order valence-electron chi connectivity index (χ4n) is 3.62. The minimum atomic E-state index is -0.169. The molecule has 112 valence electrons. The van der Waals surface area contributed by atoms with Crippen molar-refractivity contribution >= 4 is 0 Å². The molecule has 1 saturated carbocycles. The van der Waals surface area contributed by atoms with Gasteiger partial charge < -0.3 is 5.11 Å². The molecule has 1 aliphatic carbocycles. The van der Waals surface area contributed by atoms with E-state index in [0.717, 1.165) is 12.3 Å². The van der Waals surface area contributed by atoms with Crippen molar-refractivity contribution in [2.45, 2.75) is 65.9 Å². The maximum absolute atomic E-state index is 10.5. The van der Waals surface area contributed by atoms with Gasteiger partial charge in [-0.3, -0.25) is 0 Å². The molecule has 0 aliphatic heterocycles. The van der Waals surface area contributed by atoms with E-state index in [1.165, 1.54) is 36.8 Å². The van der Waals surface area contributed by atoms with Crippen LogP contribution in [0.5, 0.6) is 0 Å². The largest absolute Gasteiger partial charge is 0.392 e. The van der Waals surface area contributed by atoms with Gasteiger partial charge in [0.2, 0.25) is 0 Å². The number of aliphatic hydroxyl groups excluding tert-OH is 1. The van der Waals surface area contributed by atoms with Crippen molar-refractivity contribution in [1.82, 2.24) is 0 Å². The van der Waals surface area contributed by atoms with E-state index >= 15 is 0 Å². The molecule has 2 rings (SSSR count). The van der Waals surface area contributed by atoms with Crippen LogP contribution in [0.4, 0.5) is 0 Å². The van der Waals surface area contributed by atoms with Crippen LogP contribution in [0.3, 0.4) is 0 Å². The summed E-state index contributed by atoms with van der Waals surface area (Å²) in [6, 6.07) is 8.54. The Balaban J connectivity index is 1.87. The van der Waals surface area contributed by atoms with Crippen LogP contribution in [0, 0.1) is 24.2 Å². The van der Waals surface area contributed by atoms with E-state index in [4.69, 9.17) is 0 Å². The van der Waals surface area contributed by atoms with Crippen molar-refractivity contribution < 1.29 is 5.11 Å². The lowest BCUT2D eigenvalue weighted by molar-refractivity contribution is 0.0537. The van der Waals surface area contributed by atoms with Gasteiger partial charge in [-0.2, -0.15) is 0 Å². The molecule has 0 heterocycles. The number of benzene rings is 1. The van der Waals surface area contributed by atoms with Crippen LogP contribution in [0.15, 0.2) is 24.3 Å². The first kappa shape index (κ1) is 15.6. The molecule has 0 spiro atoms. The molecular formula is C19H30O. The predicted octanol–water partition coefficient (Wildman–Crippen LogP) is 4.75. The normalized spacial score (nSPS) is 25.4. The molecular weight excluding hydrogens is 244 g/mol. The molecule has 0 bridgehead atoms. The zero-order valence-corrected chi connectivity index (χ0v) is 13.5. The van der Waals surface area contributed by atoms with Crippen LogP contribution >= 0.6 is 0 Å². The molecule has 1 nitrogen and oxygen atoms in total. The van der Waals surface area contributed by atoms with Crippen molar-refractivity contribution in [2.75, 3.05) is 0 Å². The van der Waals surface area contributed by atoms with Gasteiger partial charge in [-0.15, -0.1) is 0 Å². The Morgan fingerprint density at radius 1 is 1.15 bits per heavy atom. The van der Waals surface area contributed by atoms with Gasteiger partial charge in [-0.1, -0.05) is 50.6 Å². The molecule has 1 heteroatoms. The molecule has 1 N–H and O–H groups in total. The van der Waals surface area contributed by atoms with Gasteiger partial charge in [0.1, 0.15) is 0 Å². The van der Waals surface area contributed by atoms with Crippen molar-refractivity contribution in [3.63, 3.8) is 0 Å². The number of rotatable bonds is 3. The van der Waals surface area contributed by atoms with Gasteiger partial charge >= 0.3 is 0 Å². The summed E-state index contributed by atoms with van der Waals surface area (Å²) in [6.07, 6.45) is 5.58. The highest BCUT2D eigenvalue weighted by molar-refractivity contribution is 5.22. The fourth-order valence-corrected chi connectivity index (χ4v) is 3.62. The third kappa shape index (κ3) is 4.09. The van der Waals surface area contributed by atoms with Gasteiger partial charge in [0.25, 0.3) is 0 Å². The maximum atomic E-state index is 10.5. The van der Waals surface area contributed by atoms with Gasteiger partial charge in [-0.25, -0.2) is 0 Å². The number of aryl methyl sites for hydroxylation is 1. The number of hydrogen-bond acceptors (Lipinski definition) is 1. The van der Waals surface area contributed by atoms with Gasteiger partial charge in [0.05, 0.1) is 6.10 Å². The van der Waals surface area contributed by atoms with Crippen molar-refractivity contribution in [1.29, 1.82) is 0 Å². The Hall–Kier alpha value is -0.820. The molecule has 1 aliphatic rings. The summed E-state index contributed by atoms with van der Waals surface area (Å²) < 4.78 is 0. The monoisotopic (exact) mass is 274 g/mol. The van der Waals surface area contributed by atoms with Crippen molar-refractivity contribution in [3.8, 4) is 0 Å². The summed E-state index contributed by atoms with van der Waals surface area (Å²) in [7, 11) is 0. The molecule has 1 aromatic rings. The molecule has 0 saturated heterocycles. The van der Waals surface area contributed by atoms with Crippen LogP contribution < -0.4 is 0 Å². The zero-order valence-electron chi connectivity index (χ0n) is 13.5. The minimum Gasteiger partial charge on any atom is -0.392 e. The molecule has 0 amide bonds. The Morgan fingerprint density at radius 3 is 2.35 bits per heavy atom. The fraction of sp³-hybridized carbons (Fsp3) is 0.684. The van der Waals surface area contributed by atoms with Crippen molar-refractivity contribution in [2.24, 2.45) is 17.3 Å². The van der Waals surface area contributed by atoms with E-state index in [0.29, 0.717) is 11.3 Å². The summed E-state index contributed by atoms with van der Waals surface area (Å²) in [4.78, 5) is 0. The number of aliphatic hydroxyl groups is 1. The topological polar surface area (TPSA) is 20.2 Å². The molecule has 1 atom stereocenters. The SMILES string of the molecule is Cc1cccc(CC(O)C2CCC(C(C)(C)C)CC2)c1. The van der Waals surface area contributed by atoms with Crippen LogP contribution in [-0.2, 0) is 6.42 Å². The predicted molar refractivity (Wildman–Crippen MR) is 85.8 cm³/mol. The van der Waals surface area contributed by atoms with E-state index in [1.54, 1.807) is 0 Å². The second-order valence-corrected chi connectivity index (χ2v) is 7.74. The van der Waals surface area contributed by atoms with E-state index in [2.05, 4.69) is 52.0 Å². The lowest BCUT2D eigenvalue weighted by Gasteiger charge is -2.38. The summed E-state index contributed by atoms with van der Waals surface area (Å²) in [5.74, 6) is 1.32. The molecule has 1 unspecified atom stereocenters. The third-order valence-electron chi connectivity index (χ3n) is 5.07. The van der Waals surface area contributed by atoms with E-state index in [1.807, 2.05) is 0 Å². The van der Waals surface area contributed by atoms with Crippen LogP contribution in [-0.4, -0.2) is 11.2 Å². The van der Waals surface area contributed by atoms with Gasteiger partial charge in [0.15, 0.2) is 0 Å². The van der Waals surface area contributed by atoms with E-state index in [9.17, 15) is 5.11 Å². The first-order valence-corrected chi connectivity index (χ1v) is 8.10. The van der Waals surface area contributed by atoms with E-state index in [-0.39, 0.29) is 6.10 Å². The first-order chi connectivity index (χ1) is 9.36. The molecule has 1 fully saturated rings. The Morgan fingerprint density at radius 2 is 1.80 bits per heavy atom. The summed E-state index contributed by atoms with van der Waals surface area (Å²) >= 11 is 0. The van der Waals surface area contributed by atoms with Crippen LogP contribution in [0.25, 0.3) is 0 Å². The number of hydrogen-bond donors (Lipinski definition) is 1. The first-order valence-electron chi connectivity index (χ1n) is 8.10. The quantitative estimate of drug-likeness (QED) is 0.843. The van der Waals surface area contributed by atoms with Gasteiger partial charge in [-0.05, 0) is 61.8 Å². The zero-order chi connectivity index (χ0) is 14.8. The minimum absolute atomic E-state index is 0.169. The molecule has 0 aromatic heterocycles. The second kappa shape index (κ2) is 6.30. The lowest BCUT2D eigenvalue weighted by Crippen LogP contribution is -2.31. The molecule has 0 radical (unpaired) electrons. The standard InChI is InChI=1S/C19H30O/c1-14-6-5-7-15(12-14)13-18(20)16-8-10-17(11-9-16)19(2,3)4/h5-7,12,16-18,20H,8-11,13H2,1-4H3. The third-order valence-corrected chi connectivity index (χ3v) is 5.07.